The van der Waals surface area contributed by atoms with E-state index >= 15 is 0 Å². The lowest BCUT2D eigenvalue weighted by Crippen LogP contribution is -2.42. The third-order valence-electron chi connectivity index (χ3n) is 3.85. The van der Waals surface area contributed by atoms with Crippen molar-refractivity contribution in [2.24, 2.45) is 11.1 Å². The molecule has 112 valence electrons. The fraction of sp³-hybridized carbons (Fsp3) is 0.929. The molecule has 19 heavy (non-hydrogen) atoms. The summed E-state index contributed by atoms with van der Waals surface area (Å²) in [5.41, 5.74) is 5.85. The van der Waals surface area contributed by atoms with E-state index in [-0.39, 0.29) is 11.3 Å². The van der Waals surface area contributed by atoms with Gasteiger partial charge in [0.1, 0.15) is 0 Å². The van der Waals surface area contributed by atoms with E-state index in [9.17, 15) is 4.79 Å². The van der Waals surface area contributed by atoms with Gasteiger partial charge in [-0.2, -0.15) is 0 Å². The van der Waals surface area contributed by atoms with Crippen LogP contribution in [-0.2, 0) is 14.3 Å². The molecule has 0 saturated heterocycles. The molecule has 1 saturated carbocycles. The minimum absolute atomic E-state index is 0.105. The normalized spacial score (nSPS) is 16.9. The Morgan fingerprint density at radius 3 is 2.63 bits per heavy atom. The quantitative estimate of drug-likeness (QED) is 0.552. The Labute approximate surface area is 116 Å². The Bertz CT molecular complexity index is 250. The minimum Gasteiger partial charge on any atom is -0.382 e. The first kappa shape index (κ1) is 16.4. The number of hydrogen-bond acceptors (Lipinski definition) is 4. The molecule has 0 aromatic heterocycles. The molecular formula is C14H28N2O3. The zero-order valence-corrected chi connectivity index (χ0v) is 12.1. The van der Waals surface area contributed by atoms with Gasteiger partial charge in [-0.25, -0.2) is 0 Å². The average molecular weight is 272 g/mol. The van der Waals surface area contributed by atoms with Crippen LogP contribution in [0.25, 0.3) is 0 Å². The van der Waals surface area contributed by atoms with Gasteiger partial charge in [0.05, 0.1) is 13.2 Å². The molecule has 0 atom stereocenters. The van der Waals surface area contributed by atoms with Crippen molar-refractivity contribution in [2.45, 2.75) is 38.5 Å². The molecule has 0 aromatic rings. The van der Waals surface area contributed by atoms with Gasteiger partial charge in [0, 0.05) is 26.7 Å². The fourth-order valence-electron chi connectivity index (χ4n) is 2.33. The van der Waals surface area contributed by atoms with E-state index in [0.717, 1.165) is 38.8 Å². The van der Waals surface area contributed by atoms with Crippen LogP contribution < -0.4 is 11.1 Å². The third kappa shape index (κ3) is 6.36. The van der Waals surface area contributed by atoms with Crippen LogP contribution >= 0.6 is 0 Å². The maximum absolute atomic E-state index is 11.8. The van der Waals surface area contributed by atoms with Crippen LogP contribution in [0.15, 0.2) is 0 Å². The highest BCUT2D eigenvalue weighted by Gasteiger charge is 2.37. The maximum atomic E-state index is 11.8. The topological polar surface area (TPSA) is 73.6 Å². The molecule has 3 N–H and O–H groups in total. The van der Waals surface area contributed by atoms with Crippen LogP contribution in [0.5, 0.6) is 0 Å². The highest BCUT2D eigenvalue weighted by atomic mass is 16.5. The third-order valence-corrected chi connectivity index (χ3v) is 3.85. The van der Waals surface area contributed by atoms with E-state index in [1.807, 2.05) is 0 Å². The number of ether oxygens (including phenoxy) is 2. The molecule has 5 heteroatoms. The summed E-state index contributed by atoms with van der Waals surface area (Å²) in [6.45, 7) is 3.37. The fourth-order valence-corrected chi connectivity index (χ4v) is 2.33. The number of hydrogen-bond donors (Lipinski definition) is 2. The summed E-state index contributed by atoms with van der Waals surface area (Å²) in [6, 6.07) is 0. The molecule has 1 aliphatic carbocycles. The van der Waals surface area contributed by atoms with Crippen LogP contribution in [0.2, 0.25) is 0 Å². The van der Waals surface area contributed by atoms with E-state index in [1.165, 1.54) is 6.42 Å². The Morgan fingerprint density at radius 2 is 2.05 bits per heavy atom. The second kappa shape index (κ2) is 9.28. The molecule has 0 aliphatic heterocycles. The van der Waals surface area contributed by atoms with Crippen molar-refractivity contribution in [3.63, 3.8) is 0 Å². The lowest BCUT2D eigenvalue weighted by Gasteiger charge is -2.40. The Balaban J connectivity index is 1.93. The summed E-state index contributed by atoms with van der Waals surface area (Å²) in [4.78, 5) is 11.8. The number of nitrogens with two attached hydrogens (primary N) is 1. The number of amides is 1. The van der Waals surface area contributed by atoms with E-state index < -0.39 is 0 Å². The van der Waals surface area contributed by atoms with Crippen molar-refractivity contribution in [1.82, 2.24) is 5.32 Å². The average Bonchev–Trinajstić information content (AvgIpc) is 2.37. The summed E-state index contributed by atoms with van der Waals surface area (Å²) in [5.74, 6) is 0.144. The zero-order chi connectivity index (χ0) is 14.0. The molecule has 0 aromatic carbocycles. The van der Waals surface area contributed by atoms with Gasteiger partial charge in [0.2, 0.25) is 5.91 Å². The monoisotopic (exact) mass is 272 g/mol. The van der Waals surface area contributed by atoms with E-state index in [1.54, 1.807) is 7.11 Å². The summed E-state index contributed by atoms with van der Waals surface area (Å²) in [5, 5.41) is 2.97. The molecular weight excluding hydrogens is 244 g/mol. The summed E-state index contributed by atoms with van der Waals surface area (Å²) < 4.78 is 10.2. The van der Waals surface area contributed by atoms with E-state index in [4.69, 9.17) is 15.2 Å². The second-order valence-electron chi connectivity index (χ2n) is 5.40. The van der Waals surface area contributed by atoms with Crippen molar-refractivity contribution in [1.29, 1.82) is 0 Å². The predicted molar refractivity (Wildman–Crippen MR) is 74.9 cm³/mol. The molecule has 1 aliphatic rings. The van der Waals surface area contributed by atoms with Crippen LogP contribution in [-0.4, -0.2) is 45.9 Å². The van der Waals surface area contributed by atoms with E-state index in [0.29, 0.717) is 26.2 Å². The molecule has 0 unspecified atom stereocenters. The van der Waals surface area contributed by atoms with Gasteiger partial charge >= 0.3 is 0 Å². The van der Waals surface area contributed by atoms with Crippen LogP contribution in [0.4, 0.5) is 0 Å². The summed E-state index contributed by atoms with van der Waals surface area (Å²) in [6.07, 6.45) is 5.92. The molecule has 0 heterocycles. The highest BCUT2D eigenvalue weighted by Crippen LogP contribution is 2.42. The SMILES string of the molecule is COCCOCCCCNC(=O)CC1(CN)CCC1. The number of unbranched alkanes of at least 4 members (excludes halogenated alkanes) is 1. The van der Waals surface area contributed by atoms with Crippen molar-refractivity contribution >= 4 is 5.91 Å². The second-order valence-corrected chi connectivity index (χ2v) is 5.40. The van der Waals surface area contributed by atoms with Gasteiger partial charge in [-0.3, -0.25) is 4.79 Å². The Kier molecular flexibility index (Phi) is 8.02. The van der Waals surface area contributed by atoms with Gasteiger partial charge in [-0.1, -0.05) is 6.42 Å². The van der Waals surface area contributed by atoms with Crippen LogP contribution in [0, 0.1) is 5.41 Å². The van der Waals surface area contributed by atoms with Crippen molar-refractivity contribution in [2.75, 3.05) is 40.0 Å². The summed E-state index contributed by atoms with van der Waals surface area (Å²) in [7, 11) is 1.66. The largest absolute Gasteiger partial charge is 0.382 e. The Hall–Kier alpha value is -0.650. The number of rotatable bonds is 11. The lowest BCUT2D eigenvalue weighted by molar-refractivity contribution is -0.124. The molecule has 0 spiro atoms. The number of nitrogens with one attached hydrogen (secondary N) is 1. The van der Waals surface area contributed by atoms with Gasteiger partial charge in [0.15, 0.2) is 0 Å². The van der Waals surface area contributed by atoms with Gasteiger partial charge in [0.25, 0.3) is 0 Å². The molecule has 1 rings (SSSR count). The highest BCUT2D eigenvalue weighted by molar-refractivity contribution is 5.76. The van der Waals surface area contributed by atoms with Crippen LogP contribution in [0.3, 0.4) is 0 Å². The zero-order valence-electron chi connectivity index (χ0n) is 12.1. The van der Waals surface area contributed by atoms with Gasteiger partial charge in [-0.15, -0.1) is 0 Å². The standard InChI is InChI=1S/C14H28N2O3/c1-18-9-10-19-8-3-2-7-16-13(17)11-14(12-15)5-4-6-14/h2-12,15H2,1H3,(H,16,17). The smallest absolute Gasteiger partial charge is 0.220 e. The number of carbonyl (C=O) groups is 1. The number of methoxy groups -OCH3 is 1. The lowest BCUT2D eigenvalue weighted by atomic mass is 9.66. The molecule has 1 fully saturated rings. The first-order valence-electron chi connectivity index (χ1n) is 7.26. The molecule has 1 amide bonds. The first-order chi connectivity index (χ1) is 9.22. The number of carbonyl (C=O) groups excluding carboxylic acids is 1. The van der Waals surface area contributed by atoms with Crippen molar-refractivity contribution in [3.8, 4) is 0 Å². The van der Waals surface area contributed by atoms with E-state index in [2.05, 4.69) is 5.32 Å². The molecule has 0 radical (unpaired) electrons. The maximum Gasteiger partial charge on any atom is 0.220 e. The Morgan fingerprint density at radius 1 is 1.26 bits per heavy atom. The summed E-state index contributed by atoms with van der Waals surface area (Å²) >= 11 is 0. The molecule has 5 nitrogen and oxygen atoms in total. The van der Waals surface area contributed by atoms with Gasteiger partial charge in [-0.05, 0) is 37.6 Å². The molecule has 0 bridgehead atoms. The van der Waals surface area contributed by atoms with Gasteiger partial charge < -0.3 is 20.5 Å². The minimum atomic E-state index is 0.105. The van der Waals surface area contributed by atoms with Crippen molar-refractivity contribution in [3.05, 3.63) is 0 Å². The van der Waals surface area contributed by atoms with Crippen molar-refractivity contribution < 1.29 is 14.3 Å². The first-order valence-corrected chi connectivity index (χ1v) is 7.26. The predicted octanol–water partition coefficient (Wildman–Crippen LogP) is 1.06. The van der Waals surface area contributed by atoms with Crippen LogP contribution in [0.1, 0.15) is 38.5 Å².